The van der Waals surface area contributed by atoms with Crippen molar-refractivity contribution >= 4 is 51.4 Å². The Morgan fingerprint density at radius 3 is 2.66 bits per heavy atom. The van der Waals surface area contributed by atoms with Gasteiger partial charge in [-0.15, -0.1) is 0 Å². The molecular formula is C21H20ClN5OS. The molecule has 1 aromatic heterocycles. The maximum atomic E-state index is 12.6. The third-order valence-electron chi connectivity index (χ3n) is 4.83. The molecule has 0 fully saturated rings. The number of hydrogen-bond acceptors (Lipinski definition) is 4. The van der Waals surface area contributed by atoms with Crippen LogP contribution in [-0.2, 0) is 4.79 Å². The predicted molar refractivity (Wildman–Crippen MR) is 120 cm³/mol. The van der Waals surface area contributed by atoms with Crippen LogP contribution in [0, 0.1) is 25.2 Å². The van der Waals surface area contributed by atoms with Crippen molar-refractivity contribution in [1.29, 1.82) is 5.41 Å². The number of hydrogen-bond donors (Lipinski definition) is 1. The highest BCUT2D eigenvalue weighted by Gasteiger charge is 2.36. The molecule has 0 spiro atoms. The molecule has 3 heterocycles. The van der Waals surface area contributed by atoms with E-state index in [-0.39, 0.29) is 17.3 Å². The van der Waals surface area contributed by atoms with E-state index >= 15 is 0 Å². The molecule has 0 atom stereocenters. The fourth-order valence-electron chi connectivity index (χ4n) is 3.33. The summed E-state index contributed by atoms with van der Waals surface area (Å²) >= 11 is 7.73. The van der Waals surface area contributed by atoms with E-state index in [1.807, 2.05) is 62.6 Å². The second-order valence-corrected chi connectivity index (χ2v) is 8.62. The number of thioether (sulfide) groups is 1. The number of hydrazone groups is 1. The van der Waals surface area contributed by atoms with E-state index in [0.29, 0.717) is 10.2 Å². The zero-order valence-electron chi connectivity index (χ0n) is 16.5. The molecule has 0 bridgehead atoms. The summed E-state index contributed by atoms with van der Waals surface area (Å²) in [4.78, 5) is 16.8. The van der Waals surface area contributed by atoms with Gasteiger partial charge < -0.3 is 4.57 Å². The number of amidine groups is 2. The predicted octanol–water partition coefficient (Wildman–Crippen LogP) is 5.02. The number of amides is 1. The molecule has 1 aromatic carbocycles. The standard InChI is InChI=1S/C21H20ClN5OS/c1-11(2)20-25-27-18(23)15(19(28)24-21(27)29-20)10-14-9-12(3)26(13(14)4)17-8-6-5-7-16(17)22/h5-11,23H,1-4H3/b15-10+,23-18?. The molecule has 2 aromatic rings. The highest BCUT2D eigenvalue weighted by Crippen LogP contribution is 2.32. The Balaban J connectivity index is 1.76. The number of aromatic nitrogens is 1. The molecule has 1 N–H and O–H groups in total. The average Bonchev–Trinajstić information content (AvgIpc) is 3.21. The molecule has 2 aliphatic rings. The van der Waals surface area contributed by atoms with Crippen LogP contribution < -0.4 is 0 Å². The van der Waals surface area contributed by atoms with Gasteiger partial charge in [0.25, 0.3) is 5.91 Å². The third-order valence-corrected chi connectivity index (χ3v) is 6.36. The number of aliphatic imine (C=N–C) groups is 1. The van der Waals surface area contributed by atoms with Crippen molar-refractivity contribution in [3.05, 3.63) is 57.9 Å². The molecule has 0 unspecified atom stereocenters. The number of halogens is 1. The van der Waals surface area contributed by atoms with Gasteiger partial charge in [-0.2, -0.15) is 15.1 Å². The summed E-state index contributed by atoms with van der Waals surface area (Å²) in [6, 6.07) is 9.60. The van der Waals surface area contributed by atoms with Gasteiger partial charge in [0.05, 0.1) is 16.3 Å². The first-order chi connectivity index (χ1) is 13.8. The molecular weight excluding hydrogens is 406 g/mol. The fourth-order valence-corrected chi connectivity index (χ4v) is 4.45. The van der Waals surface area contributed by atoms with Crippen molar-refractivity contribution in [3.63, 3.8) is 0 Å². The van der Waals surface area contributed by atoms with Crippen molar-refractivity contribution in [3.8, 4) is 5.69 Å². The van der Waals surface area contributed by atoms with Crippen molar-refractivity contribution in [2.75, 3.05) is 0 Å². The molecule has 0 radical (unpaired) electrons. The molecule has 1 amide bonds. The van der Waals surface area contributed by atoms with E-state index in [4.69, 9.17) is 17.0 Å². The van der Waals surface area contributed by atoms with Gasteiger partial charge in [0, 0.05) is 17.3 Å². The molecule has 0 aliphatic carbocycles. The first-order valence-corrected chi connectivity index (χ1v) is 10.4. The van der Waals surface area contributed by atoms with Gasteiger partial charge in [-0.25, -0.2) is 0 Å². The highest BCUT2D eigenvalue weighted by atomic mass is 35.5. The van der Waals surface area contributed by atoms with Crippen molar-refractivity contribution in [2.24, 2.45) is 16.0 Å². The number of benzene rings is 1. The largest absolute Gasteiger partial charge is 0.316 e. The van der Waals surface area contributed by atoms with E-state index in [0.717, 1.165) is 27.7 Å². The van der Waals surface area contributed by atoms with Crippen LogP contribution in [0.1, 0.15) is 30.8 Å². The lowest BCUT2D eigenvalue weighted by atomic mass is 10.1. The van der Waals surface area contributed by atoms with Crippen molar-refractivity contribution < 1.29 is 4.79 Å². The Hall–Kier alpha value is -2.64. The zero-order valence-corrected chi connectivity index (χ0v) is 18.1. The van der Waals surface area contributed by atoms with Crippen LogP contribution in [-0.4, -0.2) is 31.5 Å². The van der Waals surface area contributed by atoms with Gasteiger partial charge in [-0.3, -0.25) is 10.2 Å². The topological polar surface area (TPSA) is 73.8 Å². The summed E-state index contributed by atoms with van der Waals surface area (Å²) in [5, 5.41) is 16.4. The second kappa shape index (κ2) is 7.31. The van der Waals surface area contributed by atoms with Crippen LogP contribution in [0.3, 0.4) is 0 Å². The Bertz CT molecular complexity index is 1140. The lowest BCUT2D eigenvalue weighted by Crippen LogP contribution is -2.35. The summed E-state index contributed by atoms with van der Waals surface area (Å²) in [7, 11) is 0. The van der Waals surface area contributed by atoms with Gasteiger partial charge in [0.2, 0.25) is 5.17 Å². The summed E-state index contributed by atoms with van der Waals surface area (Å²) in [6.07, 6.45) is 1.72. The van der Waals surface area contributed by atoms with Gasteiger partial charge >= 0.3 is 0 Å². The number of rotatable bonds is 3. The van der Waals surface area contributed by atoms with E-state index in [2.05, 4.69) is 10.1 Å². The van der Waals surface area contributed by atoms with E-state index in [1.54, 1.807) is 6.08 Å². The number of carbonyl (C=O) groups is 1. The Morgan fingerprint density at radius 1 is 1.24 bits per heavy atom. The first-order valence-electron chi connectivity index (χ1n) is 9.22. The SMILES string of the molecule is Cc1cc(/C=C2\C(=N)N3N=C(C(C)C)SC3=NC2=O)c(C)n1-c1ccccc1Cl. The minimum Gasteiger partial charge on any atom is -0.316 e. The summed E-state index contributed by atoms with van der Waals surface area (Å²) in [6.45, 7) is 8.00. The van der Waals surface area contributed by atoms with Crippen LogP contribution >= 0.6 is 23.4 Å². The van der Waals surface area contributed by atoms with Crippen molar-refractivity contribution in [1.82, 2.24) is 9.58 Å². The Labute approximate surface area is 178 Å². The maximum absolute atomic E-state index is 12.6. The smallest absolute Gasteiger partial charge is 0.283 e. The lowest BCUT2D eigenvalue weighted by Gasteiger charge is -2.20. The van der Waals surface area contributed by atoms with E-state index in [1.165, 1.54) is 16.8 Å². The molecule has 0 saturated heterocycles. The number of nitrogens with zero attached hydrogens (tertiary/aromatic N) is 4. The lowest BCUT2D eigenvalue weighted by molar-refractivity contribution is -0.114. The van der Waals surface area contributed by atoms with Gasteiger partial charge in [0.15, 0.2) is 5.84 Å². The average molecular weight is 426 g/mol. The third kappa shape index (κ3) is 3.34. The highest BCUT2D eigenvalue weighted by molar-refractivity contribution is 8.27. The minimum absolute atomic E-state index is 0.0469. The van der Waals surface area contributed by atoms with Gasteiger partial charge in [0.1, 0.15) is 5.04 Å². The molecule has 4 rings (SSSR count). The molecule has 2 aliphatic heterocycles. The summed E-state index contributed by atoms with van der Waals surface area (Å²) in [5.74, 6) is -0.166. The Kier molecular flexibility index (Phi) is 4.96. The number of carbonyl (C=O) groups excluding carboxylic acids is 1. The van der Waals surface area contributed by atoms with Crippen LogP contribution in [0.15, 0.2) is 46.0 Å². The quantitative estimate of drug-likeness (QED) is 0.701. The number of para-hydroxylation sites is 1. The summed E-state index contributed by atoms with van der Waals surface area (Å²) < 4.78 is 2.04. The zero-order chi connectivity index (χ0) is 20.9. The Morgan fingerprint density at radius 2 is 1.97 bits per heavy atom. The van der Waals surface area contributed by atoms with E-state index in [9.17, 15) is 4.79 Å². The molecule has 8 heteroatoms. The number of aryl methyl sites for hydroxylation is 1. The second-order valence-electron chi connectivity index (χ2n) is 7.23. The van der Waals surface area contributed by atoms with Crippen LogP contribution in [0.5, 0.6) is 0 Å². The normalized spacial score (nSPS) is 17.9. The number of fused-ring (bicyclic) bond motifs is 1. The van der Waals surface area contributed by atoms with Crippen molar-refractivity contribution in [2.45, 2.75) is 27.7 Å². The minimum atomic E-state index is -0.420. The monoisotopic (exact) mass is 425 g/mol. The van der Waals surface area contributed by atoms with Crippen LogP contribution in [0.4, 0.5) is 0 Å². The molecule has 0 saturated carbocycles. The summed E-state index contributed by atoms with van der Waals surface area (Å²) in [5.41, 5.74) is 3.86. The first kappa shape index (κ1) is 19.7. The van der Waals surface area contributed by atoms with Crippen LogP contribution in [0.2, 0.25) is 5.02 Å². The van der Waals surface area contributed by atoms with E-state index < -0.39 is 5.91 Å². The molecule has 29 heavy (non-hydrogen) atoms. The molecule has 148 valence electrons. The van der Waals surface area contributed by atoms with Crippen LogP contribution in [0.25, 0.3) is 11.8 Å². The maximum Gasteiger partial charge on any atom is 0.283 e. The van der Waals surface area contributed by atoms with Gasteiger partial charge in [-0.1, -0.05) is 37.6 Å². The molecule has 6 nitrogen and oxygen atoms in total. The fraction of sp³-hybridized carbons (Fsp3) is 0.238. The van der Waals surface area contributed by atoms with Gasteiger partial charge in [-0.05, 0) is 55.4 Å². The number of nitrogens with one attached hydrogen (secondary N) is 1.